The molecule has 0 bridgehead atoms. The van der Waals surface area contributed by atoms with Crippen molar-refractivity contribution in [3.63, 3.8) is 0 Å². The maximum Gasteiger partial charge on any atom is 0.221 e. The molecule has 4 N–H and O–H groups in total. The lowest BCUT2D eigenvalue weighted by atomic mass is 10.1. The molecular formula is C15H27NO6S. The van der Waals surface area contributed by atoms with Gasteiger partial charge in [0.15, 0.2) is 5.78 Å². The van der Waals surface area contributed by atoms with Gasteiger partial charge in [0, 0.05) is 25.2 Å². The minimum atomic E-state index is -1.60. The van der Waals surface area contributed by atoms with Crippen LogP contribution in [0.15, 0.2) is 0 Å². The lowest BCUT2D eigenvalue weighted by Gasteiger charge is -2.15. The van der Waals surface area contributed by atoms with E-state index < -0.39 is 18.0 Å². The Morgan fingerprint density at radius 1 is 1.09 bits per heavy atom. The van der Waals surface area contributed by atoms with E-state index in [9.17, 15) is 24.6 Å². The van der Waals surface area contributed by atoms with E-state index in [1.54, 1.807) is 18.7 Å². The Morgan fingerprint density at radius 2 is 1.78 bits per heavy atom. The number of thioether (sulfide) groups is 1. The summed E-state index contributed by atoms with van der Waals surface area (Å²) in [5, 5.41) is 29.9. The molecule has 0 spiro atoms. The summed E-state index contributed by atoms with van der Waals surface area (Å²) in [4.78, 5) is 33.8. The van der Waals surface area contributed by atoms with Crippen molar-refractivity contribution in [2.45, 2.75) is 51.2 Å². The fraction of sp³-hybridized carbons (Fsp3) is 0.800. The maximum atomic E-state index is 11.5. The van der Waals surface area contributed by atoms with Gasteiger partial charge in [-0.1, -0.05) is 0 Å². The van der Waals surface area contributed by atoms with Crippen LogP contribution < -0.4 is 5.32 Å². The lowest BCUT2D eigenvalue weighted by Crippen LogP contribution is -2.41. The van der Waals surface area contributed by atoms with Crippen LogP contribution in [0.5, 0.6) is 0 Å². The van der Waals surface area contributed by atoms with E-state index in [1.807, 2.05) is 0 Å². The van der Waals surface area contributed by atoms with Crippen LogP contribution in [0.2, 0.25) is 0 Å². The number of rotatable bonds is 14. The van der Waals surface area contributed by atoms with E-state index in [0.717, 1.165) is 18.6 Å². The number of carbonyl (C=O) groups excluding carboxylic acids is 3. The zero-order valence-corrected chi connectivity index (χ0v) is 14.3. The quantitative estimate of drug-likeness (QED) is 0.316. The molecule has 0 rings (SSSR count). The van der Waals surface area contributed by atoms with Gasteiger partial charge in [-0.2, -0.15) is 11.8 Å². The predicted molar refractivity (Wildman–Crippen MR) is 88.2 cm³/mol. The van der Waals surface area contributed by atoms with Gasteiger partial charge in [0.25, 0.3) is 0 Å². The number of unbranched alkanes of at least 4 members (excludes halogenated alkanes) is 1. The number of carbonyl (C=O) groups is 3. The first kappa shape index (κ1) is 22.0. The van der Waals surface area contributed by atoms with Crippen molar-refractivity contribution < 1.29 is 29.7 Å². The van der Waals surface area contributed by atoms with Gasteiger partial charge in [-0.15, -0.1) is 0 Å². The smallest absolute Gasteiger partial charge is 0.221 e. The number of aliphatic hydroxyl groups is 3. The number of Topliss-reactive ketones (excluding diaryl/α,β-unsaturated/α-hetero) is 2. The summed E-state index contributed by atoms with van der Waals surface area (Å²) in [5.41, 5.74) is 0. The highest BCUT2D eigenvalue weighted by atomic mass is 32.2. The molecule has 0 aliphatic carbocycles. The highest BCUT2D eigenvalue weighted by Crippen LogP contribution is 2.08. The van der Waals surface area contributed by atoms with Crippen LogP contribution in [0.1, 0.15) is 39.0 Å². The largest absolute Gasteiger partial charge is 0.396 e. The molecule has 0 saturated heterocycles. The highest BCUT2D eigenvalue weighted by molar-refractivity contribution is 7.99. The molecule has 0 saturated carbocycles. The van der Waals surface area contributed by atoms with Crippen molar-refractivity contribution in [1.82, 2.24) is 5.32 Å². The molecule has 0 aromatic carbocycles. The molecule has 134 valence electrons. The van der Waals surface area contributed by atoms with Gasteiger partial charge >= 0.3 is 0 Å². The third-order valence-corrected chi connectivity index (χ3v) is 4.19. The fourth-order valence-corrected chi connectivity index (χ4v) is 2.67. The molecule has 0 radical (unpaired) electrons. The van der Waals surface area contributed by atoms with Gasteiger partial charge in [-0.05, 0) is 31.9 Å². The Balaban J connectivity index is 3.67. The molecule has 7 nitrogen and oxygen atoms in total. The molecule has 23 heavy (non-hydrogen) atoms. The Hall–Kier alpha value is -0.960. The molecule has 0 aliphatic heterocycles. The van der Waals surface area contributed by atoms with Crippen molar-refractivity contribution in [2.75, 3.05) is 24.7 Å². The van der Waals surface area contributed by atoms with Gasteiger partial charge in [0.05, 0.1) is 12.6 Å². The van der Waals surface area contributed by atoms with E-state index in [-0.39, 0.29) is 37.7 Å². The number of amides is 1. The molecule has 8 heteroatoms. The predicted octanol–water partition coefficient (Wildman–Crippen LogP) is -0.341. The molecule has 0 fully saturated rings. The van der Waals surface area contributed by atoms with Crippen LogP contribution in [0, 0.1) is 0 Å². The second-order valence-corrected chi connectivity index (χ2v) is 6.51. The number of ketones is 2. The number of hydrogen-bond acceptors (Lipinski definition) is 7. The Kier molecular flexibility index (Phi) is 12.9. The average Bonchev–Trinajstić information content (AvgIpc) is 2.50. The minimum Gasteiger partial charge on any atom is -0.396 e. The number of aliphatic hydroxyl groups excluding tert-OH is 3. The summed E-state index contributed by atoms with van der Waals surface area (Å²) in [7, 11) is 0. The van der Waals surface area contributed by atoms with E-state index >= 15 is 0 Å². The van der Waals surface area contributed by atoms with Crippen molar-refractivity contribution >= 4 is 29.2 Å². The van der Waals surface area contributed by atoms with Crippen molar-refractivity contribution in [3.05, 3.63) is 0 Å². The zero-order valence-electron chi connectivity index (χ0n) is 13.5. The highest BCUT2D eigenvalue weighted by Gasteiger charge is 2.23. The zero-order chi connectivity index (χ0) is 17.7. The first-order valence-electron chi connectivity index (χ1n) is 7.72. The van der Waals surface area contributed by atoms with Gasteiger partial charge in [0.2, 0.25) is 5.91 Å². The Bertz CT molecular complexity index is 377. The van der Waals surface area contributed by atoms with Crippen LogP contribution in [-0.4, -0.2) is 69.7 Å². The lowest BCUT2D eigenvalue weighted by molar-refractivity contribution is -0.134. The first-order valence-corrected chi connectivity index (χ1v) is 8.87. The fourth-order valence-electron chi connectivity index (χ4n) is 1.73. The molecule has 0 aromatic heterocycles. The van der Waals surface area contributed by atoms with E-state index in [0.29, 0.717) is 12.2 Å². The summed E-state index contributed by atoms with van der Waals surface area (Å²) in [6.45, 7) is 0.895. The molecule has 0 aromatic rings. The summed E-state index contributed by atoms with van der Waals surface area (Å²) in [5.74, 6) is 0.710. The molecule has 0 heterocycles. The van der Waals surface area contributed by atoms with Gasteiger partial charge < -0.3 is 25.4 Å². The third kappa shape index (κ3) is 12.2. The summed E-state index contributed by atoms with van der Waals surface area (Å²) >= 11 is 1.61. The summed E-state index contributed by atoms with van der Waals surface area (Å²) < 4.78 is 0. The van der Waals surface area contributed by atoms with Crippen LogP contribution in [0.25, 0.3) is 0 Å². The topological polar surface area (TPSA) is 124 Å². The van der Waals surface area contributed by atoms with Gasteiger partial charge in [-0.25, -0.2) is 0 Å². The Labute approximate surface area is 140 Å². The first-order chi connectivity index (χ1) is 10.9. The maximum absolute atomic E-state index is 11.5. The van der Waals surface area contributed by atoms with E-state index in [2.05, 4.69) is 5.32 Å². The van der Waals surface area contributed by atoms with Crippen LogP contribution in [-0.2, 0) is 14.4 Å². The second kappa shape index (κ2) is 13.5. The summed E-state index contributed by atoms with van der Waals surface area (Å²) in [6, 6.07) is 0. The normalized spacial score (nSPS) is 13.4. The molecule has 1 amide bonds. The second-order valence-electron chi connectivity index (χ2n) is 5.29. The van der Waals surface area contributed by atoms with Crippen molar-refractivity contribution in [3.8, 4) is 0 Å². The third-order valence-electron chi connectivity index (χ3n) is 3.12. The Morgan fingerprint density at radius 3 is 2.39 bits per heavy atom. The molecule has 2 atom stereocenters. The van der Waals surface area contributed by atoms with E-state index in [4.69, 9.17) is 5.11 Å². The van der Waals surface area contributed by atoms with Gasteiger partial charge in [-0.3, -0.25) is 9.59 Å². The van der Waals surface area contributed by atoms with Crippen LogP contribution in [0.3, 0.4) is 0 Å². The number of nitrogens with one attached hydrogen (secondary N) is 1. The molecule has 0 unspecified atom stereocenters. The van der Waals surface area contributed by atoms with Crippen molar-refractivity contribution in [1.29, 1.82) is 0 Å². The van der Waals surface area contributed by atoms with Crippen LogP contribution in [0.4, 0.5) is 0 Å². The number of hydrogen-bond donors (Lipinski definition) is 4. The monoisotopic (exact) mass is 349 g/mol. The van der Waals surface area contributed by atoms with E-state index in [1.165, 1.54) is 0 Å². The molecular weight excluding hydrogens is 322 g/mol. The summed E-state index contributed by atoms with van der Waals surface area (Å²) in [6.07, 6.45) is -0.376. The van der Waals surface area contributed by atoms with Gasteiger partial charge in [0.1, 0.15) is 11.9 Å². The van der Waals surface area contributed by atoms with Crippen LogP contribution >= 0.6 is 11.8 Å². The standard InChI is InChI=1S/C15H27NO6S/c1-11(18)4-2-3-8-23-9-6-14(21)16-10-13(20)15(22)12(19)5-7-17/h12,15,17,19,22H,2-10H2,1H3,(H,16,21)/t12-,15+/m0/s1. The SMILES string of the molecule is CC(=O)CCCCSCCC(=O)NCC(=O)[C@H](O)[C@@H](O)CCO. The molecule has 0 aliphatic rings. The minimum absolute atomic E-state index is 0.0961. The van der Waals surface area contributed by atoms with Crippen molar-refractivity contribution in [2.24, 2.45) is 0 Å². The average molecular weight is 349 g/mol.